The minimum atomic E-state index is 0.655. The molecule has 0 aromatic rings. The Morgan fingerprint density at radius 1 is 0.900 bits per heavy atom. The van der Waals surface area contributed by atoms with Gasteiger partial charge in [0.1, 0.15) is 0 Å². The Hall–Kier alpha value is -0.0400. The SMILES string of the molecule is C1CCC(C2CCCO2)C1. The quantitative estimate of drug-likeness (QED) is 0.543. The molecule has 1 unspecified atom stereocenters. The second-order valence-corrected chi connectivity index (χ2v) is 3.60. The van der Waals surface area contributed by atoms with Gasteiger partial charge in [-0.15, -0.1) is 0 Å². The summed E-state index contributed by atoms with van der Waals surface area (Å²) in [5, 5.41) is 0. The van der Waals surface area contributed by atoms with E-state index in [1.807, 2.05) is 0 Å². The summed E-state index contributed by atoms with van der Waals surface area (Å²) < 4.78 is 5.64. The van der Waals surface area contributed by atoms with Crippen molar-refractivity contribution in [2.24, 2.45) is 5.92 Å². The monoisotopic (exact) mass is 140 g/mol. The van der Waals surface area contributed by atoms with Crippen molar-refractivity contribution in [2.75, 3.05) is 6.61 Å². The van der Waals surface area contributed by atoms with Gasteiger partial charge in [0, 0.05) is 6.61 Å². The average Bonchev–Trinajstić information content (AvgIpc) is 2.59. The molecule has 0 radical (unpaired) electrons. The molecule has 1 nitrogen and oxygen atoms in total. The molecule has 1 aliphatic carbocycles. The van der Waals surface area contributed by atoms with Gasteiger partial charge in [0.2, 0.25) is 0 Å². The van der Waals surface area contributed by atoms with E-state index in [0.717, 1.165) is 12.5 Å². The van der Waals surface area contributed by atoms with E-state index >= 15 is 0 Å². The second kappa shape index (κ2) is 2.91. The summed E-state index contributed by atoms with van der Waals surface area (Å²) >= 11 is 0. The molecule has 1 heterocycles. The number of ether oxygens (including phenoxy) is 1. The molecule has 0 amide bonds. The predicted molar refractivity (Wildman–Crippen MR) is 40.9 cm³/mol. The second-order valence-electron chi connectivity index (χ2n) is 3.60. The van der Waals surface area contributed by atoms with Crippen molar-refractivity contribution in [1.29, 1.82) is 0 Å². The number of hydrogen-bond acceptors (Lipinski definition) is 1. The highest BCUT2D eigenvalue weighted by Crippen LogP contribution is 2.33. The maximum atomic E-state index is 5.64. The molecule has 0 aromatic heterocycles. The zero-order valence-corrected chi connectivity index (χ0v) is 6.51. The van der Waals surface area contributed by atoms with Gasteiger partial charge in [-0.05, 0) is 31.6 Å². The first kappa shape index (κ1) is 6.66. The molecule has 1 atom stereocenters. The third kappa shape index (κ3) is 1.20. The molecule has 0 bridgehead atoms. The van der Waals surface area contributed by atoms with Crippen LogP contribution in [0.2, 0.25) is 0 Å². The Morgan fingerprint density at radius 2 is 1.70 bits per heavy atom. The van der Waals surface area contributed by atoms with E-state index in [4.69, 9.17) is 4.74 Å². The van der Waals surface area contributed by atoms with Gasteiger partial charge >= 0.3 is 0 Å². The Labute approximate surface area is 62.8 Å². The lowest BCUT2D eigenvalue weighted by Crippen LogP contribution is -2.15. The van der Waals surface area contributed by atoms with Gasteiger partial charge in [0.25, 0.3) is 0 Å². The average molecular weight is 140 g/mol. The van der Waals surface area contributed by atoms with Gasteiger partial charge in [-0.25, -0.2) is 0 Å². The largest absolute Gasteiger partial charge is 0.378 e. The van der Waals surface area contributed by atoms with Crippen molar-refractivity contribution in [3.8, 4) is 0 Å². The lowest BCUT2D eigenvalue weighted by Gasteiger charge is -2.16. The van der Waals surface area contributed by atoms with Gasteiger partial charge < -0.3 is 4.74 Å². The summed E-state index contributed by atoms with van der Waals surface area (Å²) in [6.45, 7) is 1.03. The fourth-order valence-corrected chi connectivity index (χ4v) is 2.30. The first-order valence-electron chi connectivity index (χ1n) is 4.58. The molecule has 2 rings (SSSR count). The Morgan fingerprint density at radius 3 is 2.30 bits per heavy atom. The van der Waals surface area contributed by atoms with E-state index in [9.17, 15) is 0 Å². The maximum Gasteiger partial charge on any atom is 0.0604 e. The van der Waals surface area contributed by atoms with Gasteiger partial charge in [0.15, 0.2) is 0 Å². The molecule has 1 saturated carbocycles. The van der Waals surface area contributed by atoms with Crippen LogP contribution in [-0.4, -0.2) is 12.7 Å². The first-order valence-corrected chi connectivity index (χ1v) is 4.58. The molecule has 0 N–H and O–H groups in total. The zero-order chi connectivity index (χ0) is 6.81. The van der Waals surface area contributed by atoms with Crippen LogP contribution >= 0.6 is 0 Å². The molecule has 0 spiro atoms. The Kier molecular flexibility index (Phi) is 1.94. The van der Waals surface area contributed by atoms with Gasteiger partial charge in [-0.1, -0.05) is 12.8 Å². The van der Waals surface area contributed by atoms with Gasteiger partial charge in [-0.3, -0.25) is 0 Å². The molecular formula is C9H16O. The van der Waals surface area contributed by atoms with Crippen molar-refractivity contribution in [3.05, 3.63) is 0 Å². The van der Waals surface area contributed by atoms with Crippen molar-refractivity contribution < 1.29 is 4.74 Å². The summed E-state index contributed by atoms with van der Waals surface area (Å²) in [5.74, 6) is 0.933. The van der Waals surface area contributed by atoms with E-state index < -0.39 is 0 Å². The molecule has 2 fully saturated rings. The van der Waals surface area contributed by atoms with Crippen LogP contribution in [0, 0.1) is 5.92 Å². The van der Waals surface area contributed by atoms with E-state index in [1.54, 1.807) is 0 Å². The molecule has 58 valence electrons. The molecule has 0 aromatic carbocycles. The molecule has 1 heteroatoms. The minimum absolute atomic E-state index is 0.655. The normalized spacial score (nSPS) is 35.4. The Balaban J connectivity index is 1.85. The van der Waals surface area contributed by atoms with Crippen LogP contribution in [0.15, 0.2) is 0 Å². The van der Waals surface area contributed by atoms with Crippen LogP contribution in [0.5, 0.6) is 0 Å². The van der Waals surface area contributed by atoms with Crippen LogP contribution in [0.4, 0.5) is 0 Å². The van der Waals surface area contributed by atoms with E-state index in [2.05, 4.69) is 0 Å². The summed E-state index contributed by atoms with van der Waals surface area (Å²) in [7, 11) is 0. The highest BCUT2D eigenvalue weighted by molar-refractivity contribution is 4.78. The fourth-order valence-electron chi connectivity index (χ4n) is 2.30. The molecule has 1 saturated heterocycles. The fraction of sp³-hybridized carbons (Fsp3) is 1.00. The van der Waals surface area contributed by atoms with Crippen molar-refractivity contribution in [2.45, 2.75) is 44.6 Å². The van der Waals surface area contributed by atoms with E-state index in [0.29, 0.717) is 6.10 Å². The standard InChI is InChI=1S/C9H16O/c1-2-5-8(4-1)9-6-3-7-10-9/h8-9H,1-7H2. The smallest absolute Gasteiger partial charge is 0.0604 e. The van der Waals surface area contributed by atoms with Crippen LogP contribution in [-0.2, 0) is 4.74 Å². The van der Waals surface area contributed by atoms with Gasteiger partial charge in [0.05, 0.1) is 6.10 Å². The van der Waals surface area contributed by atoms with Crippen molar-refractivity contribution >= 4 is 0 Å². The number of rotatable bonds is 1. The summed E-state index contributed by atoms with van der Waals surface area (Å²) in [4.78, 5) is 0. The molecule has 2 aliphatic rings. The minimum Gasteiger partial charge on any atom is -0.378 e. The topological polar surface area (TPSA) is 9.23 Å². The Bertz CT molecular complexity index is 85.3. The maximum absolute atomic E-state index is 5.64. The lowest BCUT2D eigenvalue weighted by molar-refractivity contribution is 0.0654. The van der Waals surface area contributed by atoms with E-state index in [1.165, 1.54) is 38.5 Å². The number of hydrogen-bond donors (Lipinski definition) is 0. The van der Waals surface area contributed by atoms with Crippen LogP contribution in [0.3, 0.4) is 0 Å². The summed E-state index contributed by atoms with van der Waals surface area (Å²) in [6.07, 6.45) is 9.07. The highest BCUT2D eigenvalue weighted by atomic mass is 16.5. The summed E-state index contributed by atoms with van der Waals surface area (Å²) in [5.41, 5.74) is 0. The third-order valence-corrected chi connectivity index (χ3v) is 2.89. The van der Waals surface area contributed by atoms with Crippen molar-refractivity contribution in [3.63, 3.8) is 0 Å². The molecule has 10 heavy (non-hydrogen) atoms. The van der Waals surface area contributed by atoms with Crippen molar-refractivity contribution in [1.82, 2.24) is 0 Å². The first-order chi connectivity index (χ1) is 4.97. The van der Waals surface area contributed by atoms with E-state index in [-0.39, 0.29) is 0 Å². The van der Waals surface area contributed by atoms with Gasteiger partial charge in [-0.2, -0.15) is 0 Å². The summed E-state index contributed by atoms with van der Waals surface area (Å²) in [6, 6.07) is 0. The predicted octanol–water partition coefficient (Wildman–Crippen LogP) is 2.36. The third-order valence-electron chi connectivity index (χ3n) is 2.89. The van der Waals surface area contributed by atoms with Crippen LogP contribution < -0.4 is 0 Å². The van der Waals surface area contributed by atoms with Crippen LogP contribution in [0.25, 0.3) is 0 Å². The lowest BCUT2D eigenvalue weighted by atomic mass is 9.99. The zero-order valence-electron chi connectivity index (χ0n) is 6.51. The molecule has 1 aliphatic heterocycles. The molecular weight excluding hydrogens is 124 g/mol. The highest BCUT2D eigenvalue weighted by Gasteiger charge is 2.27. The van der Waals surface area contributed by atoms with Crippen LogP contribution in [0.1, 0.15) is 38.5 Å².